The van der Waals surface area contributed by atoms with Gasteiger partial charge in [-0.1, -0.05) is 35.3 Å². The van der Waals surface area contributed by atoms with E-state index in [-0.39, 0.29) is 24.5 Å². The van der Waals surface area contributed by atoms with Crippen molar-refractivity contribution in [1.29, 1.82) is 0 Å². The zero-order chi connectivity index (χ0) is 28.0. The summed E-state index contributed by atoms with van der Waals surface area (Å²) in [6, 6.07) is 21.4. The van der Waals surface area contributed by atoms with Crippen molar-refractivity contribution in [2.24, 2.45) is 0 Å². The van der Waals surface area contributed by atoms with Gasteiger partial charge in [0.1, 0.15) is 12.3 Å². The van der Waals surface area contributed by atoms with Crippen LogP contribution in [-0.4, -0.2) is 59.7 Å². The first-order valence-corrected chi connectivity index (χ1v) is 14.0. The molecule has 3 heterocycles. The van der Waals surface area contributed by atoms with Crippen LogP contribution in [0.4, 0.5) is 10.5 Å². The fraction of sp³-hybridized carbons (Fsp3) is 0.267. The number of amides is 3. The van der Waals surface area contributed by atoms with E-state index in [4.69, 9.17) is 33.8 Å². The lowest BCUT2D eigenvalue weighted by Gasteiger charge is -2.38. The monoisotopic (exact) mass is 577 g/mol. The summed E-state index contributed by atoms with van der Waals surface area (Å²) in [5, 5.41) is 2.46. The fourth-order valence-corrected chi connectivity index (χ4v) is 6.01. The molecule has 6 rings (SSSR count). The molecule has 0 radical (unpaired) electrons. The van der Waals surface area contributed by atoms with Crippen molar-refractivity contribution >= 4 is 51.7 Å². The van der Waals surface area contributed by atoms with E-state index in [1.54, 1.807) is 9.58 Å². The second kappa shape index (κ2) is 10.6. The van der Waals surface area contributed by atoms with E-state index in [1.165, 1.54) is 12.6 Å². The Kier molecular flexibility index (Phi) is 6.98. The van der Waals surface area contributed by atoms with Gasteiger partial charge >= 0.3 is 6.03 Å². The number of ether oxygens (including phenoxy) is 1. The minimum atomic E-state index is -0.258. The van der Waals surface area contributed by atoms with Crippen LogP contribution in [0.25, 0.3) is 10.9 Å². The SMILES string of the molecule is CN1C(=O)CN(CCCOc2ccc(C3c4c(c5cc(Cl)ccc5n4N)CCN3c3ccc(Cl)cc3)cc2)C1=O. The molecule has 1 atom stereocenters. The first-order valence-electron chi connectivity index (χ1n) is 13.2. The molecule has 2 aliphatic rings. The van der Waals surface area contributed by atoms with Crippen LogP contribution in [0.15, 0.2) is 66.7 Å². The van der Waals surface area contributed by atoms with Crippen LogP contribution in [0.1, 0.15) is 29.3 Å². The highest BCUT2D eigenvalue weighted by Gasteiger charge is 2.34. The Morgan fingerprint density at radius 2 is 1.70 bits per heavy atom. The lowest BCUT2D eigenvalue weighted by molar-refractivity contribution is -0.124. The van der Waals surface area contributed by atoms with Crippen LogP contribution in [0.3, 0.4) is 0 Å². The third-order valence-corrected chi connectivity index (χ3v) is 8.23. The molecule has 1 aromatic heterocycles. The zero-order valence-electron chi connectivity index (χ0n) is 22.0. The van der Waals surface area contributed by atoms with Crippen molar-refractivity contribution < 1.29 is 14.3 Å². The third-order valence-electron chi connectivity index (χ3n) is 7.74. The highest BCUT2D eigenvalue weighted by Crippen LogP contribution is 2.42. The number of nitrogens with two attached hydrogens (primary N) is 1. The number of nitrogens with zero attached hydrogens (tertiary/aromatic N) is 4. The zero-order valence-corrected chi connectivity index (χ0v) is 23.5. The molecule has 3 amide bonds. The highest BCUT2D eigenvalue weighted by molar-refractivity contribution is 6.31. The van der Waals surface area contributed by atoms with Gasteiger partial charge in [-0.25, -0.2) is 4.79 Å². The number of carbonyl (C=O) groups excluding carboxylic acids is 2. The van der Waals surface area contributed by atoms with Gasteiger partial charge in [0.25, 0.3) is 0 Å². The van der Waals surface area contributed by atoms with Gasteiger partial charge in [0.15, 0.2) is 0 Å². The van der Waals surface area contributed by atoms with Crippen LogP contribution in [0.2, 0.25) is 10.0 Å². The predicted molar refractivity (Wildman–Crippen MR) is 158 cm³/mol. The molecule has 0 bridgehead atoms. The Hall–Kier alpha value is -3.88. The van der Waals surface area contributed by atoms with Crippen molar-refractivity contribution in [2.45, 2.75) is 18.9 Å². The van der Waals surface area contributed by atoms with E-state index < -0.39 is 0 Å². The molecular formula is C30H29Cl2N5O3. The van der Waals surface area contributed by atoms with E-state index >= 15 is 0 Å². The molecule has 0 aliphatic carbocycles. The number of halogens is 2. The van der Waals surface area contributed by atoms with Gasteiger partial charge in [0, 0.05) is 41.3 Å². The number of fused-ring (bicyclic) bond motifs is 3. The summed E-state index contributed by atoms with van der Waals surface area (Å²) >= 11 is 12.6. The molecule has 1 fully saturated rings. The predicted octanol–water partition coefficient (Wildman–Crippen LogP) is 5.48. The van der Waals surface area contributed by atoms with Crippen LogP contribution in [-0.2, 0) is 11.2 Å². The Labute approximate surface area is 242 Å². The van der Waals surface area contributed by atoms with Gasteiger partial charge in [-0.05, 0) is 78.6 Å². The molecule has 8 nitrogen and oxygen atoms in total. The van der Waals surface area contributed by atoms with Crippen molar-refractivity contribution in [3.8, 4) is 5.75 Å². The molecule has 40 heavy (non-hydrogen) atoms. The number of imide groups is 1. The first-order chi connectivity index (χ1) is 19.3. The van der Waals surface area contributed by atoms with E-state index in [2.05, 4.69) is 17.0 Å². The molecule has 4 aromatic rings. The van der Waals surface area contributed by atoms with Gasteiger partial charge < -0.3 is 20.4 Å². The smallest absolute Gasteiger partial charge is 0.326 e. The summed E-state index contributed by atoms with van der Waals surface area (Å²) in [4.78, 5) is 28.8. The molecule has 0 spiro atoms. The number of aromatic nitrogens is 1. The Bertz CT molecular complexity index is 1590. The number of rotatable bonds is 7. The average molecular weight is 579 g/mol. The molecule has 2 aliphatic heterocycles. The van der Waals surface area contributed by atoms with Gasteiger partial charge in [-0.3, -0.25) is 14.4 Å². The number of carbonyl (C=O) groups is 2. The summed E-state index contributed by atoms with van der Waals surface area (Å²) in [7, 11) is 1.51. The molecule has 2 N–H and O–H groups in total. The number of anilines is 1. The molecular weight excluding hydrogens is 549 g/mol. The van der Waals surface area contributed by atoms with E-state index in [9.17, 15) is 9.59 Å². The second-order valence-electron chi connectivity index (χ2n) is 10.1. The number of nitrogen functional groups attached to an aromatic ring is 1. The Morgan fingerprint density at radius 3 is 2.40 bits per heavy atom. The topological polar surface area (TPSA) is 84.0 Å². The first kappa shape index (κ1) is 26.3. The molecule has 206 valence electrons. The number of urea groups is 1. The lowest BCUT2D eigenvalue weighted by Crippen LogP contribution is -2.38. The van der Waals surface area contributed by atoms with Crippen LogP contribution >= 0.6 is 23.2 Å². The third kappa shape index (κ3) is 4.71. The summed E-state index contributed by atoms with van der Waals surface area (Å²) in [6.07, 6.45) is 1.46. The van der Waals surface area contributed by atoms with Gasteiger partial charge in [-0.2, -0.15) is 0 Å². The number of likely N-dealkylation sites (N-methyl/N-ethyl adjacent to an activating group) is 1. The number of hydrogen-bond acceptors (Lipinski definition) is 5. The van der Waals surface area contributed by atoms with Gasteiger partial charge in [0.2, 0.25) is 5.91 Å². The Morgan fingerprint density at radius 1 is 0.975 bits per heavy atom. The minimum absolute atomic E-state index is 0.127. The Balaban J connectivity index is 1.25. The second-order valence-corrected chi connectivity index (χ2v) is 11.0. The fourth-order valence-electron chi connectivity index (χ4n) is 5.71. The average Bonchev–Trinajstić information content (AvgIpc) is 3.38. The van der Waals surface area contributed by atoms with E-state index in [1.807, 2.05) is 54.6 Å². The summed E-state index contributed by atoms with van der Waals surface area (Å²) < 4.78 is 7.76. The molecule has 1 saturated heterocycles. The van der Waals surface area contributed by atoms with Crippen LogP contribution in [0.5, 0.6) is 5.75 Å². The number of hydrogen-bond donors (Lipinski definition) is 1. The molecule has 0 saturated carbocycles. The van der Waals surface area contributed by atoms with Crippen LogP contribution < -0.4 is 15.5 Å². The minimum Gasteiger partial charge on any atom is -0.494 e. The normalized spacial score (nSPS) is 17.2. The van der Waals surface area contributed by atoms with Gasteiger partial charge in [-0.15, -0.1) is 0 Å². The molecule has 1 unspecified atom stereocenters. The molecule has 10 heteroatoms. The quantitative estimate of drug-likeness (QED) is 0.179. The maximum atomic E-state index is 12.1. The summed E-state index contributed by atoms with van der Waals surface area (Å²) in [6.45, 7) is 1.83. The van der Waals surface area contributed by atoms with Crippen molar-refractivity contribution in [1.82, 2.24) is 14.5 Å². The maximum absolute atomic E-state index is 12.1. The lowest BCUT2D eigenvalue weighted by atomic mass is 9.91. The van der Waals surface area contributed by atoms with Gasteiger partial charge in [0.05, 0.1) is 23.9 Å². The number of benzene rings is 3. The largest absolute Gasteiger partial charge is 0.494 e. The van der Waals surface area contributed by atoms with Crippen molar-refractivity contribution in [3.63, 3.8) is 0 Å². The summed E-state index contributed by atoms with van der Waals surface area (Å²) in [5.41, 5.74) is 5.32. The summed E-state index contributed by atoms with van der Waals surface area (Å²) in [5.74, 6) is 7.29. The van der Waals surface area contributed by atoms with E-state index in [0.717, 1.165) is 51.5 Å². The standard InChI is InChI=1S/C30H29Cl2N5O3/c1-34-27(38)18-35(30(34)39)14-2-16-40-23-10-3-19(4-11-23)28-29-24(25-17-21(32)7-12-26(25)37(29)33)13-15-36(28)22-8-5-20(31)6-9-22/h3-12,17,28H,2,13-16,18,33H2,1H3. The molecule has 3 aromatic carbocycles. The van der Waals surface area contributed by atoms with Crippen LogP contribution in [0, 0.1) is 0 Å². The van der Waals surface area contributed by atoms with Crippen molar-refractivity contribution in [2.75, 3.05) is 44.0 Å². The maximum Gasteiger partial charge on any atom is 0.326 e. The van der Waals surface area contributed by atoms with E-state index in [0.29, 0.717) is 29.6 Å². The highest BCUT2D eigenvalue weighted by atomic mass is 35.5. The van der Waals surface area contributed by atoms with Crippen molar-refractivity contribution in [3.05, 3.63) is 93.6 Å².